The van der Waals surface area contributed by atoms with E-state index in [1.165, 1.54) is 0 Å². The molecule has 1 fully saturated rings. The number of hydrogen-bond acceptors (Lipinski definition) is 7. The van der Waals surface area contributed by atoms with Gasteiger partial charge < -0.3 is 29.7 Å². The molecule has 2 N–H and O–H groups in total. The van der Waals surface area contributed by atoms with E-state index in [2.05, 4.69) is 27.5 Å². The summed E-state index contributed by atoms with van der Waals surface area (Å²) < 4.78 is 16.4. The third kappa shape index (κ3) is 5.48. The fourth-order valence-corrected chi connectivity index (χ4v) is 3.81. The van der Waals surface area contributed by atoms with Gasteiger partial charge in [-0.05, 0) is 38.6 Å². The number of urea groups is 1. The first-order valence-electron chi connectivity index (χ1n) is 10.7. The molecular weight excluding hydrogens is 400 g/mol. The molecule has 2 aliphatic rings. The lowest BCUT2D eigenvalue weighted by atomic mass is 9.94. The first-order valence-corrected chi connectivity index (χ1v) is 10.7. The highest BCUT2D eigenvalue weighted by atomic mass is 16.5. The molecule has 1 atom stereocenters. The molecule has 1 saturated heterocycles. The Morgan fingerprint density at radius 1 is 1.13 bits per heavy atom. The van der Waals surface area contributed by atoms with E-state index in [0.29, 0.717) is 41.5 Å². The number of benzene rings is 1. The van der Waals surface area contributed by atoms with E-state index in [4.69, 9.17) is 14.2 Å². The number of methoxy groups -OCH3 is 1. The molecule has 2 amide bonds. The van der Waals surface area contributed by atoms with Gasteiger partial charge in [-0.2, -0.15) is 0 Å². The Hall–Kier alpha value is -2.78. The summed E-state index contributed by atoms with van der Waals surface area (Å²) in [5.74, 6) is 0.696. The number of rotatable bonds is 8. The van der Waals surface area contributed by atoms with Crippen molar-refractivity contribution in [1.82, 2.24) is 20.4 Å². The number of esters is 1. The van der Waals surface area contributed by atoms with Crippen LogP contribution in [0.25, 0.3) is 0 Å². The van der Waals surface area contributed by atoms with Crippen molar-refractivity contribution < 1.29 is 23.8 Å². The van der Waals surface area contributed by atoms with E-state index in [9.17, 15) is 9.59 Å². The maximum Gasteiger partial charge on any atom is 0.338 e. The summed E-state index contributed by atoms with van der Waals surface area (Å²) >= 11 is 0. The number of carbonyl (C=O) groups excluding carboxylic acids is 2. The van der Waals surface area contributed by atoms with Crippen molar-refractivity contribution >= 4 is 12.0 Å². The number of nitrogens with zero attached hydrogens (tertiary/aromatic N) is 2. The van der Waals surface area contributed by atoms with Crippen molar-refractivity contribution in [3.05, 3.63) is 35.0 Å². The number of likely N-dealkylation sites (N-methyl/N-ethyl adjacent to an activating group) is 1. The molecule has 9 heteroatoms. The van der Waals surface area contributed by atoms with E-state index in [1.54, 1.807) is 26.2 Å². The van der Waals surface area contributed by atoms with Crippen molar-refractivity contribution in [2.24, 2.45) is 0 Å². The molecule has 170 valence electrons. The summed E-state index contributed by atoms with van der Waals surface area (Å²) in [6.45, 7) is 8.48. The summed E-state index contributed by atoms with van der Waals surface area (Å²) in [6.07, 6.45) is 0. The Morgan fingerprint density at radius 2 is 1.87 bits per heavy atom. The Morgan fingerprint density at radius 3 is 2.52 bits per heavy atom. The first-order chi connectivity index (χ1) is 15.0. The van der Waals surface area contributed by atoms with Gasteiger partial charge in [-0.1, -0.05) is 6.07 Å². The lowest BCUT2D eigenvalue weighted by Crippen LogP contribution is -2.51. The van der Waals surface area contributed by atoms with Crippen molar-refractivity contribution in [2.75, 3.05) is 60.1 Å². The van der Waals surface area contributed by atoms with E-state index in [-0.39, 0.29) is 12.6 Å². The third-order valence-corrected chi connectivity index (χ3v) is 5.45. The van der Waals surface area contributed by atoms with Gasteiger partial charge in [0.05, 0.1) is 31.9 Å². The van der Waals surface area contributed by atoms with Crippen LogP contribution in [0.15, 0.2) is 29.5 Å². The zero-order valence-electron chi connectivity index (χ0n) is 18.7. The number of piperazine rings is 1. The molecule has 0 aromatic heterocycles. The molecule has 2 aliphatic heterocycles. The molecule has 2 heterocycles. The maximum atomic E-state index is 13.0. The zero-order chi connectivity index (χ0) is 22.4. The molecule has 0 spiro atoms. The van der Waals surface area contributed by atoms with Crippen molar-refractivity contribution in [1.29, 1.82) is 0 Å². The molecule has 1 aromatic rings. The molecule has 9 nitrogen and oxygen atoms in total. The van der Waals surface area contributed by atoms with Gasteiger partial charge >= 0.3 is 12.0 Å². The van der Waals surface area contributed by atoms with Gasteiger partial charge in [0.15, 0.2) is 11.5 Å². The SMILES string of the molecule is CCOC(=O)C1=C(CN2CCN(C)CC2)NC(=O)N[C@H]1c1ccc(OCC)c(OC)c1. The largest absolute Gasteiger partial charge is 0.493 e. The molecule has 0 bridgehead atoms. The number of carbonyl (C=O) groups is 2. The van der Waals surface area contributed by atoms with Crippen LogP contribution >= 0.6 is 0 Å². The minimum absolute atomic E-state index is 0.247. The minimum atomic E-state index is -0.653. The molecule has 0 aliphatic carbocycles. The number of hydrogen-bond donors (Lipinski definition) is 2. The van der Waals surface area contributed by atoms with Crippen LogP contribution in [-0.4, -0.2) is 81.9 Å². The lowest BCUT2D eigenvalue weighted by Gasteiger charge is -2.35. The fraction of sp³-hybridized carbons (Fsp3) is 0.545. The van der Waals surface area contributed by atoms with Crippen LogP contribution in [0.5, 0.6) is 11.5 Å². The number of ether oxygens (including phenoxy) is 3. The van der Waals surface area contributed by atoms with Crippen LogP contribution < -0.4 is 20.1 Å². The second-order valence-electron chi connectivity index (χ2n) is 7.57. The van der Waals surface area contributed by atoms with Crippen LogP contribution in [0.4, 0.5) is 4.79 Å². The van der Waals surface area contributed by atoms with Crippen LogP contribution in [0.1, 0.15) is 25.5 Å². The summed E-state index contributed by atoms with van der Waals surface area (Å²) in [5.41, 5.74) is 1.70. The molecule has 0 radical (unpaired) electrons. The summed E-state index contributed by atoms with van der Waals surface area (Å²) in [4.78, 5) is 30.0. The highest BCUT2D eigenvalue weighted by Crippen LogP contribution is 2.34. The van der Waals surface area contributed by atoms with Crippen molar-refractivity contribution in [3.8, 4) is 11.5 Å². The van der Waals surface area contributed by atoms with E-state index < -0.39 is 12.0 Å². The van der Waals surface area contributed by atoms with Crippen molar-refractivity contribution in [3.63, 3.8) is 0 Å². The van der Waals surface area contributed by atoms with Crippen LogP contribution in [0.3, 0.4) is 0 Å². The Balaban J connectivity index is 1.98. The summed E-state index contributed by atoms with van der Waals surface area (Å²) in [7, 11) is 3.64. The summed E-state index contributed by atoms with van der Waals surface area (Å²) in [5, 5.41) is 5.71. The third-order valence-electron chi connectivity index (χ3n) is 5.45. The van der Waals surface area contributed by atoms with Gasteiger partial charge in [0, 0.05) is 38.4 Å². The second kappa shape index (κ2) is 10.5. The second-order valence-corrected chi connectivity index (χ2v) is 7.57. The average Bonchev–Trinajstić information content (AvgIpc) is 2.75. The smallest absolute Gasteiger partial charge is 0.338 e. The molecule has 3 rings (SSSR count). The molecule has 31 heavy (non-hydrogen) atoms. The topological polar surface area (TPSA) is 92.4 Å². The van der Waals surface area contributed by atoms with E-state index in [1.807, 2.05) is 13.0 Å². The van der Waals surface area contributed by atoms with Gasteiger partial charge in [-0.15, -0.1) is 0 Å². The summed E-state index contributed by atoms with van der Waals surface area (Å²) in [6, 6.07) is 4.40. The molecule has 1 aromatic carbocycles. The predicted octanol–water partition coefficient (Wildman–Crippen LogP) is 1.51. The first kappa shape index (κ1) is 22.9. The highest BCUT2D eigenvalue weighted by molar-refractivity contribution is 5.95. The number of nitrogens with one attached hydrogen (secondary N) is 2. The standard InChI is InChI=1S/C22H32N4O5/c1-5-30-17-8-7-15(13-18(17)29-4)20-19(21(27)31-6-2)16(23-22(28)24-20)14-26-11-9-25(3)10-12-26/h7-8,13,20H,5-6,9-12,14H2,1-4H3,(H2,23,24,28)/t20-/m0/s1. The van der Waals surface area contributed by atoms with Gasteiger partial charge in [0.1, 0.15) is 0 Å². The fourth-order valence-electron chi connectivity index (χ4n) is 3.81. The lowest BCUT2D eigenvalue weighted by molar-refractivity contribution is -0.139. The average molecular weight is 433 g/mol. The van der Waals surface area contributed by atoms with E-state index >= 15 is 0 Å². The van der Waals surface area contributed by atoms with Gasteiger partial charge in [0.25, 0.3) is 0 Å². The zero-order valence-corrected chi connectivity index (χ0v) is 18.7. The maximum absolute atomic E-state index is 13.0. The van der Waals surface area contributed by atoms with Crippen LogP contribution in [0, 0.1) is 0 Å². The highest BCUT2D eigenvalue weighted by Gasteiger charge is 2.35. The monoisotopic (exact) mass is 432 g/mol. The molecular formula is C22H32N4O5. The van der Waals surface area contributed by atoms with Gasteiger partial charge in [0.2, 0.25) is 0 Å². The molecule has 0 saturated carbocycles. The van der Waals surface area contributed by atoms with Gasteiger partial charge in [-0.25, -0.2) is 9.59 Å². The van der Waals surface area contributed by atoms with E-state index in [0.717, 1.165) is 26.2 Å². The Bertz CT molecular complexity index is 833. The van der Waals surface area contributed by atoms with Crippen LogP contribution in [0.2, 0.25) is 0 Å². The Labute approximate surface area is 183 Å². The van der Waals surface area contributed by atoms with Crippen molar-refractivity contribution in [2.45, 2.75) is 19.9 Å². The normalized spacial score (nSPS) is 20.1. The van der Waals surface area contributed by atoms with Gasteiger partial charge in [-0.3, -0.25) is 4.90 Å². The Kier molecular flexibility index (Phi) is 7.75. The predicted molar refractivity (Wildman–Crippen MR) is 116 cm³/mol. The minimum Gasteiger partial charge on any atom is -0.493 e. The van der Waals surface area contributed by atoms with Crippen LogP contribution in [-0.2, 0) is 9.53 Å². The quantitative estimate of drug-likeness (QED) is 0.602. The molecule has 0 unspecified atom stereocenters. The number of amides is 2.